The average molecular weight is 280 g/mol. The van der Waals surface area contributed by atoms with Crippen LogP contribution in [0.25, 0.3) is 0 Å². The van der Waals surface area contributed by atoms with Gasteiger partial charge in [-0.25, -0.2) is 4.79 Å². The number of aliphatic hydroxyl groups is 1. The Labute approximate surface area is 122 Å². The summed E-state index contributed by atoms with van der Waals surface area (Å²) in [5, 5.41) is 9.32. The minimum absolute atomic E-state index is 0.116. The summed E-state index contributed by atoms with van der Waals surface area (Å²) in [6.07, 6.45) is 10.7. The summed E-state index contributed by atoms with van der Waals surface area (Å²) in [6.45, 7) is 2.16. The zero-order chi connectivity index (χ0) is 14.4. The van der Waals surface area contributed by atoms with Crippen molar-refractivity contribution in [1.29, 1.82) is 0 Å². The van der Waals surface area contributed by atoms with Gasteiger partial charge in [-0.2, -0.15) is 0 Å². The molecule has 0 saturated heterocycles. The zero-order valence-corrected chi connectivity index (χ0v) is 12.7. The molecule has 2 aliphatic rings. The summed E-state index contributed by atoms with van der Waals surface area (Å²) in [6, 6.07) is 0. The van der Waals surface area contributed by atoms with Crippen molar-refractivity contribution in [2.45, 2.75) is 77.2 Å². The number of aliphatic hydroxyl groups excluding tert-OH is 1. The van der Waals surface area contributed by atoms with E-state index in [1.807, 2.05) is 6.92 Å². The van der Waals surface area contributed by atoms with Crippen LogP contribution in [0.3, 0.4) is 0 Å². The van der Waals surface area contributed by atoms with Gasteiger partial charge >= 0.3 is 5.97 Å². The summed E-state index contributed by atoms with van der Waals surface area (Å²) >= 11 is 0. The molecule has 2 rings (SSSR count). The fraction of sp³-hybridized carbons (Fsp3) is 0.824. The summed E-state index contributed by atoms with van der Waals surface area (Å²) in [5.41, 5.74) is 2.02. The van der Waals surface area contributed by atoms with Gasteiger partial charge in [0.25, 0.3) is 0 Å². The highest BCUT2D eigenvalue weighted by molar-refractivity contribution is 5.89. The largest absolute Gasteiger partial charge is 0.459 e. The topological polar surface area (TPSA) is 46.5 Å². The van der Waals surface area contributed by atoms with Crippen LogP contribution in [0.15, 0.2) is 11.1 Å². The SMILES string of the molecule is CCC(C(=O)OC1CCCC1)=C(CCO)C1CCCC1. The van der Waals surface area contributed by atoms with Crippen molar-refractivity contribution in [2.24, 2.45) is 5.92 Å². The van der Waals surface area contributed by atoms with Crippen molar-refractivity contribution < 1.29 is 14.6 Å². The maximum Gasteiger partial charge on any atom is 0.334 e. The smallest absolute Gasteiger partial charge is 0.334 e. The van der Waals surface area contributed by atoms with Crippen LogP contribution in [0.4, 0.5) is 0 Å². The van der Waals surface area contributed by atoms with Crippen LogP contribution < -0.4 is 0 Å². The van der Waals surface area contributed by atoms with Crippen LogP contribution in [-0.2, 0) is 9.53 Å². The van der Waals surface area contributed by atoms with Gasteiger partial charge in [-0.05, 0) is 57.3 Å². The van der Waals surface area contributed by atoms with E-state index in [1.54, 1.807) is 0 Å². The Kier molecular flexibility index (Phi) is 6.08. The maximum atomic E-state index is 12.4. The van der Waals surface area contributed by atoms with Crippen LogP contribution in [0.5, 0.6) is 0 Å². The Hall–Kier alpha value is -0.830. The highest BCUT2D eigenvalue weighted by Crippen LogP contribution is 2.35. The van der Waals surface area contributed by atoms with Crippen molar-refractivity contribution in [1.82, 2.24) is 0 Å². The Morgan fingerprint density at radius 1 is 1.10 bits per heavy atom. The molecule has 1 N–H and O–H groups in total. The quantitative estimate of drug-likeness (QED) is 0.595. The number of hydrogen-bond donors (Lipinski definition) is 1. The van der Waals surface area contributed by atoms with Gasteiger partial charge in [-0.3, -0.25) is 0 Å². The average Bonchev–Trinajstić information content (AvgIpc) is 3.11. The molecule has 0 bridgehead atoms. The molecule has 2 aliphatic carbocycles. The molecule has 0 atom stereocenters. The Balaban J connectivity index is 2.10. The van der Waals surface area contributed by atoms with E-state index in [-0.39, 0.29) is 18.7 Å². The zero-order valence-electron chi connectivity index (χ0n) is 12.7. The highest BCUT2D eigenvalue weighted by Gasteiger charge is 2.27. The van der Waals surface area contributed by atoms with Gasteiger partial charge in [0.1, 0.15) is 6.10 Å². The first-order valence-corrected chi connectivity index (χ1v) is 8.30. The maximum absolute atomic E-state index is 12.4. The molecule has 3 heteroatoms. The van der Waals surface area contributed by atoms with E-state index >= 15 is 0 Å². The van der Waals surface area contributed by atoms with E-state index < -0.39 is 0 Å². The molecule has 0 aromatic heterocycles. The number of esters is 1. The van der Waals surface area contributed by atoms with E-state index in [0.717, 1.165) is 37.7 Å². The van der Waals surface area contributed by atoms with Crippen molar-refractivity contribution in [3.05, 3.63) is 11.1 Å². The molecule has 2 fully saturated rings. The first kappa shape index (κ1) is 15.6. The molecule has 0 amide bonds. The first-order valence-electron chi connectivity index (χ1n) is 8.30. The number of ether oxygens (including phenoxy) is 1. The number of rotatable bonds is 6. The van der Waals surface area contributed by atoms with Gasteiger partial charge in [0.15, 0.2) is 0 Å². The molecule has 3 nitrogen and oxygen atoms in total. The molecule has 0 aromatic carbocycles. The molecule has 0 aliphatic heterocycles. The molecule has 2 saturated carbocycles. The van der Waals surface area contributed by atoms with E-state index in [1.165, 1.54) is 31.3 Å². The van der Waals surface area contributed by atoms with Crippen molar-refractivity contribution >= 4 is 5.97 Å². The van der Waals surface area contributed by atoms with E-state index in [4.69, 9.17) is 4.74 Å². The number of carbonyl (C=O) groups is 1. The monoisotopic (exact) mass is 280 g/mol. The van der Waals surface area contributed by atoms with Gasteiger partial charge in [-0.1, -0.05) is 25.3 Å². The second-order valence-electron chi connectivity index (χ2n) is 6.12. The van der Waals surface area contributed by atoms with Gasteiger partial charge in [0.2, 0.25) is 0 Å². The molecule has 0 aromatic rings. The van der Waals surface area contributed by atoms with E-state index in [9.17, 15) is 9.90 Å². The normalized spacial score (nSPS) is 22.1. The van der Waals surface area contributed by atoms with Gasteiger partial charge in [-0.15, -0.1) is 0 Å². The predicted molar refractivity (Wildman–Crippen MR) is 79.3 cm³/mol. The predicted octanol–water partition coefficient (Wildman–Crippen LogP) is 3.75. The third kappa shape index (κ3) is 3.85. The Morgan fingerprint density at radius 2 is 1.70 bits per heavy atom. The molecule has 0 spiro atoms. The van der Waals surface area contributed by atoms with Crippen LogP contribution >= 0.6 is 0 Å². The first-order chi connectivity index (χ1) is 9.76. The second kappa shape index (κ2) is 7.82. The van der Waals surface area contributed by atoms with Crippen molar-refractivity contribution in [2.75, 3.05) is 6.61 Å². The lowest BCUT2D eigenvalue weighted by Gasteiger charge is -2.20. The molecule has 20 heavy (non-hydrogen) atoms. The van der Waals surface area contributed by atoms with Crippen LogP contribution in [-0.4, -0.2) is 23.8 Å². The van der Waals surface area contributed by atoms with Crippen LogP contribution in [0.2, 0.25) is 0 Å². The number of carbonyl (C=O) groups excluding carboxylic acids is 1. The Morgan fingerprint density at radius 3 is 2.25 bits per heavy atom. The lowest BCUT2D eigenvalue weighted by Crippen LogP contribution is -2.19. The lowest BCUT2D eigenvalue weighted by molar-refractivity contribution is -0.144. The highest BCUT2D eigenvalue weighted by atomic mass is 16.5. The molecular formula is C17H28O3. The van der Waals surface area contributed by atoms with E-state index in [0.29, 0.717) is 12.3 Å². The third-order valence-corrected chi connectivity index (χ3v) is 4.79. The van der Waals surface area contributed by atoms with Gasteiger partial charge in [0.05, 0.1) is 0 Å². The summed E-state index contributed by atoms with van der Waals surface area (Å²) in [4.78, 5) is 12.4. The minimum atomic E-state index is -0.116. The van der Waals surface area contributed by atoms with Crippen molar-refractivity contribution in [3.8, 4) is 0 Å². The minimum Gasteiger partial charge on any atom is -0.459 e. The van der Waals surface area contributed by atoms with Gasteiger partial charge in [0, 0.05) is 12.2 Å². The lowest BCUT2D eigenvalue weighted by atomic mass is 9.89. The van der Waals surface area contributed by atoms with Crippen LogP contribution in [0.1, 0.15) is 71.1 Å². The summed E-state index contributed by atoms with van der Waals surface area (Å²) < 4.78 is 5.67. The Bertz CT molecular complexity index is 347. The van der Waals surface area contributed by atoms with Crippen LogP contribution in [0, 0.1) is 5.92 Å². The summed E-state index contributed by atoms with van der Waals surface area (Å²) in [7, 11) is 0. The molecule has 0 heterocycles. The fourth-order valence-electron chi connectivity index (χ4n) is 3.73. The standard InChI is InChI=1S/C17H28O3/c1-2-15(17(19)20-14-9-5-6-10-14)16(11-12-18)13-7-3-4-8-13/h13-14,18H,2-12H2,1H3. The van der Waals surface area contributed by atoms with Gasteiger partial charge < -0.3 is 9.84 Å². The van der Waals surface area contributed by atoms with Crippen molar-refractivity contribution in [3.63, 3.8) is 0 Å². The third-order valence-electron chi connectivity index (χ3n) is 4.79. The number of hydrogen-bond acceptors (Lipinski definition) is 3. The second-order valence-corrected chi connectivity index (χ2v) is 6.12. The molecule has 114 valence electrons. The molecule has 0 radical (unpaired) electrons. The summed E-state index contributed by atoms with van der Waals surface area (Å²) in [5.74, 6) is 0.378. The molecular weight excluding hydrogens is 252 g/mol. The fourth-order valence-corrected chi connectivity index (χ4v) is 3.73. The van der Waals surface area contributed by atoms with E-state index in [2.05, 4.69) is 0 Å². The molecule has 0 unspecified atom stereocenters.